The first-order valence-electron chi connectivity index (χ1n) is 6.80. The van der Waals surface area contributed by atoms with E-state index in [1.807, 2.05) is 0 Å². The second kappa shape index (κ2) is 7.71. The van der Waals surface area contributed by atoms with Crippen molar-refractivity contribution >= 4 is 10.2 Å². The quantitative estimate of drug-likeness (QED) is 0.693. The van der Waals surface area contributed by atoms with Crippen molar-refractivity contribution in [1.82, 2.24) is 8.61 Å². The lowest BCUT2D eigenvalue weighted by Crippen LogP contribution is -2.40. The minimum absolute atomic E-state index is 0.268. The number of benzene rings is 1. The number of hydrogen-bond acceptors (Lipinski definition) is 2. The summed E-state index contributed by atoms with van der Waals surface area (Å²) in [5, 5.41) is 0. The van der Waals surface area contributed by atoms with Crippen LogP contribution in [0.1, 0.15) is 31.7 Å². The fourth-order valence-corrected chi connectivity index (χ4v) is 2.97. The molecule has 0 bridgehead atoms. The van der Waals surface area contributed by atoms with Gasteiger partial charge >= 0.3 is 0 Å². The van der Waals surface area contributed by atoms with Gasteiger partial charge < -0.3 is 0 Å². The average molecular weight is 302 g/mol. The Morgan fingerprint density at radius 1 is 1.10 bits per heavy atom. The van der Waals surface area contributed by atoms with E-state index in [2.05, 4.69) is 6.92 Å². The Morgan fingerprint density at radius 3 is 2.20 bits per heavy atom. The van der Waals surface area contributed by atoms with Gasteiger partial charge in [-0.3, -0.25) is 0 Å². The van der Waals surface area contributed by atoms with Crippen molar-refractivity contribution in [2.45, 2.75) is 32.7 Å². The van der Waals surface area contributed by atoms with Crippen LogP contribution in [0.2, 0.25) is 0 Å². The molecule has 0 aliphatic heterocycles. The number of unbranched alkanes of at least 4 members (excludes halogenated alkanes) is 2. The maximum absolute atomic E-state index is 12.9. The highest BCUT2D eigenvalue weighted by atomic mass is 32.2. The zero-order chi connectivity index (χ0) is 15.2. The third kappa shape index (κ3) is 4.85. The van der Waals surface area contributed by atoms with Crippen LogP contribution in [-0.2, 0) is 16.8 Å². The summed E-state index contributed by atoms with van der Waals surface area (Å²) in [6.07, 6.45) is 2.85. The summed E-state index contributed by atoms with van der Waals surface area (Å²) in [5.41, 5.74) is 0.785. The third-order valence-electron chi connectivity index (χ3n) is 3.07. The summed E-state index contributed by atoms with van der Waals surface area (Å²) < 4.78 is 40.1. The lowest BCUT2D eigenvalue weighted by Gasteiger charge is -2.25. The van der Waals surface area contributed by atoms with E-state index in [-0.39, 0.29) is 12.4 Å². The van der Waals surface area contributed by atoms with Crippen LogP contribution in [0.5, 0.6) is 0 Å². The predicted molar refractivity (Wildman–Crippen MR) is 78.9 cm³/mol. The van der Waals surface area contributed by atoms with Crippen molar-refractivity contribution in [2.75, 3.05) is 20.6 Å². The molecule has 0 heterocycles. The molecule has 0 fully saturated rings. The van der Waals surface area contributed by atoms with E-state index in [9.17, 15) is 12.8 Å². The van der Waals surface area contributed by atoms with E-state index < -0.39 is 10.2 Å². The van der Waals surface area contributed by atoms with Crippen molar-refractivity contribution in [3.05, 3.63) is 35.6 Å². The first-order valence-corrected chi connectivity index (χ1v) is 8.19. The smallest absolute Gasteiger partial charge is 0.207 e. The highest BCUT2D eigenvalue weighted by Crippen LogP contribution is 2.13. The molecule has 114 valence electrons. The van der Waals surface area contributed by atoms with Gasteiger partial charge in [-0.05, 0) is 24.1 Å². The zero-order valence-corrected chi connectivity index (χ0v) is 13.2. The van der Waals surface area contributed by atoms with Gasteiger partial charge in [0.2, 0.25) is 0 Å². The lowest BCUT2D eigenvalue weighted by atomic mass is 10.2. The molecule has 0 aromatic heterocycles. The molecule has 0 amide bonds. The zero-order valence-electron chi connectivity index (χ0n) is 12.3. The van der Waals surface area contributed by atoms with Crippen molar-refractivity contribution in [1.29, 1.82) is 0 Å². The normalized spacial score (nSPS) is 12.3. The Balaban J connectivity index is 2.84. The van der Waals surface area contributed by atoms with Crippen LogP contribution in [0, 0.1) is 5.82 Å². The van der Waals surface area contributed by atoms with Gasteiger partial charge in [-0.2, -0.15) is 17.0 Å². The Hall–Kier alpha value is -0.980. The summed E-state index contributed by atoms with van der Waals surface area (Å²) in [4.78, 5) is 0. The first kappa shape index (κ1) is 17.1. The molecule has 0 spiro atoms. The molecule has 0 saturated heterocycles. The Kier molecular flexibility index (Phi) is 6.58. The molecule has 6 heteroatoms. The molecular formula is C14H23FN2O2S. The summed E-state index contributed by atoms with van der Waals surface area (Å²) in [7, 11) is -0.414. The van der Waals surface area contributed by atoms with Crippen LogP contribution in [0.15, 0.2) is 24.3 Å². The first-order chi connectivity index (χ1) is 9.37. The van der Waals surface area contributed by atoms with Crippen LogP contribution in [-0.4, -0.2) is 37.7 Å². The minimum atomic E-state index is -3.45. The Bertz CT molecular complexity index is 500. The minimum Gasteiger partial charge on any atom is -0.207 e. The van der Waals surface area contributed by atoms with Crippen LogP contribution >= 0.6 is 0 Å². The molecule has 1 aromatic rings. The molecule has 20 heavy (non-hydrogen) atoms. The summed E-state index contributed by atoms with van der Waals surface area (Å²) in [6, 6.07) is 5.93. The van der Waals surface area contributed by atoms with Gasteiger partial charge in [0, 0.05) is 27.2 Å². The van der Waals surface area contributed by atoms with Crippen LogP contribution in [0.3, 0.4) is 0 Å². The fourth-order valence-electron chi connectivity index (χ4n) is 1.84. The second-order valence-corrected chi connectivity index (χ2v) is 7.10. The van der Waals surface area contributed by atoms with Crippen LogP contribution < -0.4 is 0 Å². The van der Waals surface area contributed by atoms with E-state index in [0.29, 0.717) is 6.54 Å². The van der Waals surface area contributed by atoms with Gasteiger partial charge in [-0.25, -0.2) is 4.39 Å². The van der Waals surface area contributed by atoms with Crippen molar-refractivity contribution in [2.24, 2.45) is 0 Å². The number of rotatable bonds is 8. The van der Waals surface area contributed by atoms with E-state index in [0.717, 1.165) is 24.8 Å². The van der Waals surface area contributed by atoms with E-state index in [4.69, 9.17) is 0 Å². The van der Waals surface area contributed by atoms with Gasteiger partial charge in [-0.1, -0.05) is 31.9 Å². The monoisotopic (exact) mass is 302 g/mol. The number of hydrogen-bond donors (Lipinski definition) is 0. The Labute approximate surface area is 121 Å². The molecular weight excluding hydrogens is 279 g/mol. The van der Waals surface area contributed by atoms with Crippen molar-refractivity contribution in [3.8, 4) is 0 Å². The van der Waals surface area contributed by atoms with Crippen molar-refractivity contribution < 1.29 is 12.8 Å². The molecule has 0 aliphatic rings. The molecule has 0 radical (unpaired) electrons. The highest BCUT2D eigenvalue weighted by Gasteiger charge is 2.24. The van der Waals surface area contributed by atoms with Gasteiger partial charge in [0.05, 0.1) is 0 Å². The standard InChI is InChI=1S/C14H23FN2O2S/c1-4-5-6-11-17(20(18,19)16(2)3)12-13-7-9-14(15)10-8-13/h7-10H,4-6,11-12H2,1-3H3. The maximum Gasteiger partial charge on any atom is 0.281 e. The SMILES string of the molecule is CCCCCN(Cc1ccc(F)cc1)S(=O)(=O)N(C)C. The second-order valence-electron chi connectivity index (χ2n) is 4.96. The summed E-state index contributed by atoms with van der Waals surface area (Å²) in [5.74, 6) is -0.318. The van der Waals surface area contributed by atoms with Crippen molar-refractivity contribution in [3.63, 3.8) is 0 Å². The molecule has 0 atom stereocenters. The Morgan fingerprint density at radius 2 is 1.70 bits per heavy atom. The van der Waals surface area contributed by atoms with Gasteiger partial charge in [0.15, 0.2) is 0 Å². The van der Waals surface area contributed by atoms with Gasteiger partial charge in [-0.15, -0.1) is 0 Å². The fraction of sp³-hybridized carbons (Fsp3) is 0.571. The van der Waals surface area contributed by atoms with E-state index >= 15 is 0 Å². The molecule has 0 aliphatic carbocycles. The molecule has 1 rings (SSSR count). The average Bonchev–Trinajstić information content (AvgIpc) is 2.40. The summed E-state index contributed by atoms with van der Waals surface area (Å²) in [6.45, 7) is 2.82. The highest BCUT2D eigenvalue weighted by molar-refractivity contribution is 7.86. The number of nitrogens with zero attached hydrogens (tertiary/aromatic N) is 2. The largest absolute Gasteiger partial charge is 0.281 e. The maximum atomic E-state index is 12.9. The molecule has 0 N–H and O–H groups in total. The third-order valence-corrected chi connectivity index (χ3v) is 4.96. The van der Waals surface area contributed by atoms with Gasteiger partial charge in [0.25, 0.3) is 10.2 Å². The molecule has 4 nitrogen and oxygen atoms in total. The predicted octanol–water partition coefficient (Wildman–Crippen LogP) is 2.62. The topological polar surface area (TPSA) is 40.6 Å². The van der Waals surface area contributed by atoms with Crippen LogP contribution in [0.4, 0.5) is 4.39 Å². The van der Waals surface area contributed by atoms with Gasteiger partial charge in [0.1, 0.15) is 5.82 Å². The molecule has 0 unspecified atom stereocenters. The number of halogens is 1. The lowest BCUT2D eigenvalue weighted by molar-refractivity contribution is 0.361. The summed E-state index contributed by atoms with van der Waals surface area (Å²) >= 11 is 0. The molecule has 0 saturated carbocycles. The van der Waals surface area contributed by atoms with E-state index in [1.54, 1.807) is 12.1 Å². The molecule has 1 aromatic carbocycles. The van der Waals surface area contributed by atoms with Crippen LogP contribution in [0.25, 0.3) is 0 Å². The van der Waals surface area contributed by atoms with E-state index in [1.165, 1.54) is 34.8 Å².